The maximum Gasteiger partial charge on any atom is 0.481 e. The molecule has 1 aromatic heterocycles. The van der Waals surface area contributed by atoms with E-state index in [1.165, 1.54) is 37.5 Å². The molecule has 1 aromatic rings. The number of nitrogens with zero attached hydrogens (tertiary/aromatic N) is 2. The Morgan fingerprint density at radius 3 is 2.19 bits per heavy atom. The first-order valence-electron chi connectivity index (χ1n) is 25.7. The van der Waals surface area contributed by atoms with Crippen LogP contribution in [0.25, 0.3) is 0 Å². The first-order valence-corrected chi connectivity index (χ1v) is 28.7. The summed E-state index contributed by atoms with van der Waals surface area (Å²) in [5, 5.41) is 56.8. The summed E-state index contributed by atoms with van der Waals surface area (Å²) in [5.41, 5.74) is 4.75. The molecule has 2 aliphatic heterocycles. The van der Waals surface area contributed by atoms with Gasteiger partial charge in [0.1, 0.15) is 43.1 Å². The largest absolute Gasteiger partial charge is 0.481 e. The fraction of sp³-hybridized carbons (Fsp3) is 0.680. The van der Waals surface area contributed by atoms with Gasteiger partial charge in [-0.1, -0.05) is 107 Å². The van der Waals surface area contributed by atoms with Crippen molar-refractivity contribution in [2.45, 2.75) is 191 Å². The summed E-state index contributed by atoms with van der Waals surface area (Å²) in [6.07, 6.45) is 14.3. The lowest BCUT2D eigenvalue weighted by Gasteiger charge is -2.36. The monoisotopic (exact) mass is 1090 g/mol. The number of fused-ring (bicyclic) bond motifs is 3. The lowest BCUT2D eigenvalue weighted by Crippen LogP contribution is -2.49. The number of cyclic esters (lactones) is 1. The molecule has 0 saturated carbocycles. The third-order valence-electron chi connectivity index (χ3n) is 11.9. The van der Waals surface area contributed by atoms with E-state index in [1.54, 1.807) is 12.2 Å². The average Bonchev–Trinajstić information content (AvgIpc) is 3.35. The minimum Gasteiger partial charge on any atom is -0.462 e. The standard InChI is InChI=1S/C50H81N3O19P2/c1-3-5-7-8-9-10-11-12-13-14-15-16-17-18-24-28-45(57)69-38-34-66-44(56)27-23-20-19-22-26-39-40(55)33-46(58)70-41(30-29-37(54)25-21-6-4-2)47(59)48(60)42(36-68-74(64,65)72-73(62,63)67-35-38)71-49(39)53-32-31-43(51)52-50(53)61/h9-10,12-13,15-16,19,22,29-32,37-42,46-49,54-55,58-60H,3-8,11,14,17-18,20-21,23-28,33-36H2,1-2H3,(H,62,63)(H,64,65)(H2,51,52,61)/b10-9-,13-12-,16-15-,22-19?,30-29?/t37-,38+,39-,40-,41+,42+,46?,47-,48+,49+/m0/s1. The van der Waals surface area contributed by atoms with E-state index in [-0.39, 0.29) is 37.9 Å². The Hall–Kier alpha value is -3.70. The molecule has 0 aromatic carbocycles. The van der Waals surface area contributed by atoms with Crippen molar-refractivity contribution in [3.05, 3.63) is 83.5 Å². The number of nitrogen functional groups attached to an aromatic ring is 1. The number of rotatable bonds is 21. The molecule has 12 atom stereocenters. The number of carbonyl (C=O) groups excluding carboxylic acids is 2. The fourth-order valence-electron chi connectivity index (χ4n) is 7.76. The van der Waals surface area contributed by atoms with Crippen LogP contribution in [0.3, 0.4) is 0 Å². The number of esters is 2. The van der Waals surface area contributed by atoms with Crippen LogP contribution in [0, 0.1) is 5.92 Å². The summed E-state index contributed by atoms with van der Waals surface area (Å²) in [7, 11) is -11.4. The van der Waals surface area contributed by atoms with E-state index in [9.17, 15) is 58.8 Å². The Kier molecular flexibility index (Phi) is 31.1. The molecule has 2 bridgehead atoms. The van der Waals surface area contributed by atoms with E-state index in [4.69, 9.17) is 33.7 Å². The van der Waals surface area contributed by atoms with Crippen LogP contribution >= 0.6 is 15.6 Å². The number of hydrogen-bond donors (Lipinski definition) is 8. The molecule has 1 saturated heterocycles. The van der Waals surface area contributed by atoms with Gasteiger partial charge in [0.15, 0.2) is 12.4 Å². The first-order chi connectivity index (χ1) is 35.3. The Balaban J connectivity index is 1.85. The van der Waals surface area contributed by atoms with Crippen molar-refractivity contribution in [3.63, 3.8) is 0 Å². The predicted molar refractivity (Wildman–Crippen MR) is 273 cm³/mol. The van der Waals surface area contributed by atoms with Crippen LogP contribution in [-0.2, 0) is 51.0 Å². The molecular formula is C50H81N3O19P2. The van der Waals surface area contributed by atoms with Crippen molar-refractivity contribution in [1.29, 1.82) is 0 Å². The molecule has 0 amide bonds. The molecule has 9 N–H and O–H groups in total. The van der Waals surface area contributed by atoms with Crippen molar-refractivity contribution in [2.75, 3.05) is 25.6 Å². The van der Waals surface area contributed by atoms with Crippen LogP contribution < -0.4 is 11.4 Å². The second-order valence-electron chi connectivity index (χ2n) is 18.2. The number of aromatic nitrogens is 2. The van der Waals surface area contributed by atoms with E-state index in [1.807, 2.05) is 19.1 Å². The molecule has 0 spiro atoms. The highest BCUT2D eigenvalue weighted by Gasteiger charge is 2.44. The van der Waals surface area contributed by atoms with Gasteiger partial charge in [-0.25, -0.2) is 13.9 Å². The summed E-state index contributed by atoms with van der Waals surface area (Å²) in [4.78, 5) is 64.3. The second kappa shape index (κ2) is 35.6. The van der Waals surface area contributed by atoms with E-state index in [0.717, 1.165) is 42.9 Å². The highest BCUT2D eigenvalue weighted by molar-refractivity contribution is 7.61. The highest BCUT2D eigenvalue weighted by atomic mass is 31.3. The minimum absolute atomic E-state index is 0.0567. The molecular weight excluding hydrogens is 1010 g/mol. The van der Waals surface area contributed by atoms with Gasteiger partial charge in [-0.2, -0.15) is 9.29 Å². The number of aliphatic hydroxyl groups excluding tert-OH is 5. The zero-order valence-electron chi connectivity index (χ0n) is 42.7. The zero-order valence-corrected chi connectivity index (χ0v) is 44.4. The smallest absolute Gasteiger partial charge is 0.462 e. The van der Waals surface area contributed by atoms with E-state index in [0.29, 0.717) is 32.1 Å². The molecule has 74 heavy (non-hydrogen) atoms. The summed E-state index contributed by atoms with van der Waals surface area (Å²) < 4.78 is 64.7. The topological polar surface area (TPSA) is 335 Å². The van der Waals surface area contributed by atoms with Crippen LogP contribution in [0.4, 0.5) is 5.82 Å². The molecule has 0 radical (unpaired) electrons. The second-order valence-corrected chi connectivity index (χ2v) is 21.2. The SMILES string of the molecule is CCCCC/C=C\C/C=C\C/C=C\CCCCC(=O)O[C@@H]1COC(=O)CCCC=CC[C@@H]2[C@H](n3ccc(N)nc3=O)O[C@H](COP(=O)(O)OP(=O)(O)OC1)[C@@H](O)[C@@H](O)[C@@H](C=C[C@@H](O)CCCCC)OC(O)C[C@@H]2O. The number of unbranched alkanes of at least 4 members (excludes halogenated alkanes) is 7. The van der Waals surface area contributed by atoms with Gasteiger partial charge in [0.2, 0.25) is 0 Å². The van der Waals surface area contributed by atoms with Crippen molar-refractivity contribution in [3.8, 4) is 0 Å². The fourth-order valence-corrected chi connectivity index (χ4v) is 9.87. The summed E-state index contributed by atoms with van der Waals surface area (Å²) in [5.74, 6) is -2.92. The maximum atomic E-state index is 13.4. The van der Waals surface area contributed by atoms with E-state index < -0.39 is 121 Å². The van der Waals surface area contributed by atoms with Gasteiger partial charge < -0.3 is 60.0 Å². The van der Waals surface area contributed by atoms with Crippen molar-refractivity contribution in [1.82, 2.24) is 9.55 Å². The van der Waals surface area contributed by atoms with Gasteiger partial charge >= 0.3 is 33.3 Å². The van der Waals surface area contributed by atoms with E-state index >= 15 is 0 Å². The number of carbonyl (C=O) groups is 2. The van der Waals surface area contributed by atoms with Gasteiger partial charge in [0.05, 0.1) is 25.4 Å². The van der Waals surface area contributed by atoms with E-state index in [2.05, 4.69) is 40.5 Å². The maximum absolute atomic E-state index is 13.4. The first kappa shape index (κ1) is 64.6. The molecule has 2 aliphatic rings. The normalized spacial score (nSPS) is 30.3. The predicted octanol–water partition coefficient (Wildman–Crippen LogP) is 6.44. The highest BCUT2D eigenvalue weighted by Crippen LogP contribution is 2.60. The lowest BCUT2D eigenvalue weighted by molar-refractivity contribution is -0.192. The average molecular weight is 1090 g/mol. The molecule has 3 rings (SSSR count). The van der Waals surface area contributed by atoms with Gasteiger partial charge in [-0.3, -0.25) is 23.2 Å². The number of nitrogens with two attached hydrogens (primary N) is 1. The van der Waals surface area contributed by atoms with Gasteiger partial charge in [-0.15, -0.1) is 0 Å². The molecule has 0 aliphatic carbocycles. The summed E-state index contributed by atoms with van der Waals surface area (Å²) >= 11 is 0. The van der Waals surface area contributed by atoms with Crippen molar-refractivity contribution >= 4 is 33.4 Å². The summed E-state index contributed by atoms with van der Waals surface area (Å²) in [6.45, 7) is 1.34. The molecule has 3 heterocycles. The Bertz CT molecular complexity index is 2100. The third-order valence-corrected chi connectivity index (χ3v) is 14.5. The van der Waals surface area contributed by atoms with Crippen LogP contribution in [0.1, 0.15) is 142 Å². The van der Waals surface area contributed by atoms with Crippen molar-refractivity contribution < 1.29 is 86.3 Å². The number of aliphatic hydroxyl groups is 5. The van der Waals surface area contributed by atoms with Gasteiger partial charge in [0, 0.05) is 31.4 Å². The number of allylic oxidation sites excluding steroid dienone is 8. The Morgan fingerprint density at radius 1 is 0.865 bits per heavy atom. The quantitative estimate of drug-likeness (QED) is 0.0284. The molecule has 3 unspecified atom stereocenters. The number of phosphoric ester groups is 2. The lowest BCUT2D eigenvalue weighted by atomic mass is 9.92. The molecule has 1 fully saturated rings. The minimum atomic E-state index is -5.74. The Morgan fingerprint density at radius 2 is 1.51 bits per heavy atom. The number of phosphoric acid groups is 2. The van der Waals surface area contributed by atoms with Crippen LogP contribution in [0.2, 0.25) is 0 Å². The summed E-state index contributed by atoms with van der Waals surface area (Å²) in [6, 6.07) is 1.22. The molecule has 24 heteroatoms. The molecule has 420 valence electrons. The van der Waals surface area contributed by atoms with Crippen LogP contribution in [-0.4, -0.2) is 126 Å². The third kappa shape index (κ3) is 26.4. The number of anilines is 1. The van der Waals surface area contributed by atoms with Crippen LogP contribution in [0.5, 0.6) is 0 Å². The van der Waals surface area contributed by atoms with Gasteiger partial charge in [-0.05, 0) is 76.7 Å². The number of hydrogen-bond acceptors (Lipinski definition) is 19. The Labute approximate surface area is 434 Å². The number of ether oxygens (including phenoxy) is 4. The van der Waals surface area contributed by atoms with Crippen LogP contribution in [0.15, 0.2) is 77.8 Å². The van der Waals surface area contributed by atoms with Crippen molar-refractivity contribution in [2.24, 2.45) is 5.92 Å². The molecule has 22 nitrogen and oxygen atoms in total. The zero-order chi connectivity index (χ0) is 54.4. The van der Waals surface area contributed by atoms with Gasteiger partial charge in [0.25, 0.3) is 0 Å².